The normalized spacial score (nSPS) is 14.4. The second-order valence-corrected chi connectivity index (χ2v) is 15.8. The Balaban J connectivity index is 3.71. The molecule has 0 aromatic rings. The molecule has 320 valence electrons. The number of aliphatic hydroxyl groups excluding tert-OH is 3. The molecule has 0 fully saturated rings. The van der Waals surface area contributed by atoms with Crippen molar-refractivity contribution in [3.05, 3.63) is 48.6 Å². The van der Waals surface area contributed by atoms with E-state index in [4.69, 9.17) is 9.47 Å². The van der Waals surface area contributed by atoms with Gasteiger partial charge in [0.25, 0.3) is 0 Å². The molecule has 0 rings (SSSR count). The molecule has 55 heavy (non-hydrogen) atoms. The maximum absolute atomic E-state index is 12.2. The lowest BCUT2D eigenvalue weighted by atomic mass is 9.99. The van der Waals surface area contributed by atoms with Crippen molar-refractivity contribution in [2.45, 2.75) is 225 Å². The summed E-state index contributed by atoms with van der Waals surface area (Å²) in [7, 11) is 0. The number of esters is 2. The summed E-state index contributed by atoms with van der Waals surface area (Å²) in [5.41, 5.74) is 0. The lowest BCUT2D eigenvalue weighted by Gasteiger charge is -2.16. The number of carbonyl (C=O) groups excluding carboxylic acids is 2. The Hall–Kier alpha value is -2.22. The summed E-state index contributed by atoms with van der Waals surface area (Å²) in [5.74, 6) is 0.0785. The summed E-state index contributed by atoms with van der Waals surface area (Å²) in [4.78, 5) is 24.4. The number of ether oxygens (including phenoxy) is 2. The SMILES string of the molecule is CCCCC/C=C\C[C@H](O)/C=C/C=C/C=C\[C@H](O)CCCC(=O)O[C@@H](CO)COC(=O)CCCCCCCCCCCCCCCCCCCCC(C)CC. The van der Waals surface area contributed by atoms with Crippen LogP contribution in [0.2, 0.25) is 0 Å². The summed E-state index contributed by atoms with van der Waals surface area (Å²) in [5, 5.41) is 29.7. The Labute approximate surface area is 338 Å². The molecule has 0 saturated heterocycles. The van der Waals surface area contributed by atoms with Crippen LogP contribution in [0.3, 0.4) is 0 Å². The van der Waals surface area contributed by atoms with Crippen LogP contribution in [-0.4, -0.2) is 58.8 Å². The van der Waals surface area contributed by atoms with Crippen molar-refractivity contribution in [1.29, 1.82) is 0 Å². The molecule has 0 radical (unpaired) electrons. The predicted molar refractivity (Wildman–Crippen MR) is 231 cm³/mol. The highest BCUT2D eigenvalue weighted by molar-refractivity contribution is 5.70. The first-order valence-corrected chi connectivity index (χ1v) is 22.8. The average molecular weight is 775 g/mol. The van der Waals surface area contributed by atoms with Crippen molar-refractivity contribution in [1.82, 2.24) is 0 Å². The van der Waals surface area contributed by atoms with Crippen molar-refractivity contribution in [2.24, 2.45) is 5.92 Å². The molecule has 0 aromatic heterocycles. The molecule has 0 saturated carbocycles. The molecule has 7 nitrogen and oxygen atoms in total. The highest BCUT2D eigenvalue weighted by atomic mass is 16.6. The highest BCUT2D eigenvalue weighted by Gasteiger charge is 2.16. The summed E-state index contributed by atoms with van der Waals surface area (Å²) >= 11 is 0. The standard InChI is InChI=1S/C48H86O7/c1-4-6-7-8-24-29-35-44(50)36-30-26-27-31-37-45(51)38-33-40-48(53)55-46(41-49)42-54-47(52)39-32-25-22-20-18-16-14-12-10-9-11-13-15-17-19-21-23-28-34-43(3)5-2/h24,26-27,29-31,36-37,43-46,49-51H,4-23,25,28,32-35,38-42H2,1-3H3/b27-26+,29-24-,36-30+,37-31-/t43?,44-,45-,46-/m0/s1. The average Bonchev–Trinajstić information content (AvgIpc) is 3.18. The third kappa shape index (κ3) is 39.8. The summed E-state index contributed by atoms with van der Waals surface area (Å²) in [6, 6.07) is 0. The summed E-state index contributed by atoms with van der Waals surface area (Å²) < 4.78 is 10.5. The predicted octanol–water partition coefficient (Wildman–Crippen LogP) is 12.4. The van der Waals surface area contributed by atoms with E-state index in [0.717, 1.165) is 31.6 Å². The Bertz CT molecular complexity index is 971. The Morgan fingerprint density at radius 2 is 1.07 bits per heavy atom. The van der Waals surface area contributed by atoms with Gasteiger partial charge in [0.1, 0.15) is 6.61 Å². The highest BCUT2D eigenvalue weighted by Crippen LogP contribution is 2.17. The first kappa shape index (κ1) is 52.8. The molecular formula is C48H86O7. The minimum atomic E-state index is -0.885. The van der Waals surface area contributed by atoms with Gasteiger partial charge in [0.05, 0.1) is 18.8 Å². The van der Waals surface area contributed by atoms with Crippen molar-refractivity contribution >= 4 is 11.9 Å². The topological polar surface area (TPSA) is 113 Å². The van der Waals surface area contributed by atoms with Crippen LogP contribution in [0.15, 0.2) is 48.6 Å². The van der Waals surface area contributed by atoms with E-state index in [9.17, 15) is 24.9 Å². The van der Waals surface area contributed by atoms with Crippen LogP contribution in [0, 0.1) is 5.92 Å². The quantitative estimate of drug-likeness (QED) is 0.0246. The molecule has 0 aromatic carbocycles. The molecule has 4 atom stereocenters. The minimum absolute atomic E-state index is 0.0952. The van der Waals surface area contributed by atoms with Gasteiger partial charge in [0.15, 0.2) is 6.10 Å². The van der Waals surface area contributed by atoms with E-state index in [0.29, 0.717) is 25.7 Å². The third-order valence-electron chi connectivity index (χ3n) is 10.4. The second kappa shape index (κ2) is 41.4. The number of hydrogen-bond donors (Lipinski definition) is 3. The van der Waals surface area contributed by atoms with E-state index in [2.05, 4.69) is 26.8 Å². The maximum Gasteiger partial charge on any atom is 0.306 e. The van der Waals surface area contributed by atoms with Crippen LogP contribution < -0.4 is 0 Å². The molecule has 0 aliphatic heterocycles. The van der Waals surface area contributed by atoms with Gasteiger partial charge < -0.3 is 24.8 Å². The summed E-state index contributed by atoms with van der Waals surface area (Å²) in [6.07, 6.45) is 45.2. The Morgan fingerprint density at radius 3 is 1.60 bits per heavy atom. The largest absolute Gasteiger partial charge is 0.462 e. The first-order valence-electron chi connectivity index (χ1n) is 22.8. The third-order valence-corrected chi connectivity index (χ3v) is 10.4. The maximum atomic E-state index is 12.2. The minimum Gasteiger partial charge on any atom is -0.462 e. The van der Waals surface area contributed by atoms with Crippen LogP contribution in [0.1, 0.15) is 207 Å². The zero-order chi connectivity index (χ0) is 40.5. The Morgan fingerprint density at radius 1 is 0.564 bits per heavy atom. The van der Waals surface area contributed by atoms with E-state index in [1.807, 2.05) is 6.08 Å². The fourth-order valence-corrected chi connectivity index (χ4v) is 6.43. The van der Waals surface area contributed by atoms with E-state index < -0.39 is 30.9 Å². The molecule has 0 heterocycles. The molecular weight excluding hydrogens is 689 g/mol. The van der Waals surface area contributed by atoms with Crippen molar-refractivity contribution in [3.63, 3.8) is 0 Å². The first-order chi connectivity index (χ1) is 26.8. The van der Waals surface area contributed by atoms with Gasteiger partial charge in [-0.1, -0.05) is 204 Å². The van der Waals surface area contributed by atoms with E-state index in [1.165, 1.54) is 128 Å². The lowest BCUT2D eigenvalue weighted by molar-refractivity contribution is -0.161. The fourth-order valence-electron chi connectivity index (χ4n) is 6.43. The molecule has 0 amide bonds. The molecule has 0 aliphatic rings. The van der Waals surface area contributed by atoms with Crippen LogP contribution in [0.5, 0.6) is 0 Å². The van der Waals surface area contributed by atoms with Gasteiger partial charge in [0, 0.05) is 12.8 Å². The van der Waals surface area contributed by atoms with Crippen molar-refractivity contribution in [3.8, 4) is 0 Å². The molecule has 7 heteroatoms. The number of allylic oxidation sites excluding steroid dienone is 5. The van der Waals surface area contributed by atoms with Gasteiger partial charge >= 0.3 is 11.9 Å². The number of rotatable bonds is 40. The van der Waals surface area contributed by atoms with Crippen molar-refractivity contribution < 1.29 is 34.4 Å². The monoisotopic (exact) mass is 775 g/mol. The number of aliphatic hydroxyl groups is 3. The smallest absolute Gasteiger partial charge is 0.306 e. The van der Waals surface area contributed by atoms with Gasteiger partial charge in [0.2, 0.25) is 0 Å². The van der Waals surface area contributed by atoms with Gasteiger partial charge in [-0.25, -0.2) is 0 Å². The van der Waals surface area contributed by atoms with Gasteiger partial charge in [-0.15, -0.1) is 0 Å². The van der Waals surface area contributed by atoms with Crippen LogP contribution in [0.25, 0.3) is 0 Å². The van der Waals surface area contributed by atoms with Crippen LogP contribution in [0.4, 0.5) is 0 Å². The fraction of sp³-hybridized carbons (Fsp3) is 0.792. The van der Waals surface area contributed by atoms with Crippen LogP contribution >= 0.6 is 0 Å². The van der Waals surface area contributed by atoms with Gasteiger partial charge in [-0.2, -0.15) is 0 Å². The zero-order valence-corrected chi connectivity index (χ0v) is 35.8. The molecule has 0 bridgehead atoms. The molecule has 3 N–H and O–H groups in total. The summed E-state index contributed by atoms with van der Waals surface area (Å²) in [6.45, 7) is 6.28. The molecule has 0 spiro atoms. The lowest BCUT2D eigenvalue weighted by Crippen LogP contribution is -2.28. The van der Waals surface area contributed by atoms with E-state index in [1.54, 1.807) is 36.5 Å². The molecule has 0 aliphatic carbocycles. The second-order valence-electron chi connectivity index (χ2n) is 15.8. The zero-order valence-electron chi connectivity index (χ0n) is 35.8. The van der Waals surface area contributed by atoms with Gasteiger partial charge in [-0.3, -0.25) is 9.59 Å². The van der Waals surface area contributed by atoms with E-state index in [-0.39, 0.29) is 19.0 Å². The van der Waals surface area contributed by atoms with E-state index >= 15 is 0 Å². The molecule has 1 unspecified atom stereocenters. The van der Waals surface area contributed by atoms with Gasteiger partial charge in [-0.05, 0) is 44.4 Å². The number of unbranched alkanes of at least 4 members (excludes halogenated alkanes) is 20. The Kier molecular flexibility index (Phi) is 39.7. The van der Waals surface area contributed by atoms with Crippen LogP contribution in [-0.2, 0) is 19.1 Å². The van der Waals surface area contributed by atoms with Crippen molar-refractivity contribution in [2.75, 3.05) is 13.2 Å². The number of carbonyl (C=O) groups is 2. The number of hydrogen-bond acceptors (Lipinski definition) is 7.